The lowest BCUT2D eigenvalue weighted by atomic mass is 9.73. The van der Waals surface area contributed by atoms with Crippen molar-refractivity contribution in [2.24, 2.45) is 16.7 Å². The van der Waals surface area contributed by atoms with Crippen LogP contribution in [0.25, 0.3) is 0 Å². The first kappa shape index (κ1) is 11.5. The van der Waals surface area contributed by atoms with Gasteiger partial charge in [-0.15, -0.1) is 0 Å². The molecule has 0 amide bonds. The van der Waals surface area contributed by atoms with E-state index >= 15 is 0 Å². The van der Waals surface area contributed by atoms with Crippen LogP contribution in [0.15, 0.2) is 11.6 Å². The highest BCUT2D eigenvalue weighted by atomic mass is 16.1. The number of hydrogen-bond acceptors (Lipinski definition) is 1. The molecule has 0 saturated carbocycles. The van der Waals surface area contributed by atoms with Gasteiger partial charge in [-0.05, 0) is 23.8 Å². The standard InChI is InChI=1S/C13H22O/c1-9(2)13(6)8-10(7-11(13)14)12(3,4)5/h7,9H,8H2,1-6H3/t13-/m1/s1. The van der Waals surface area contributed by atoms with E-state index in [0.29, 0.717) is 11.7 Å². The molecule has 14 heavy (non-hydrogen) atoms. The molecule has 1 aliphatic rings. The number of carbonyl (C=O) groups is 1. The van der Waals surface area contributed by atoms with Crippen LogP contribution in [-0.2, 0) is 4.79 Å². The van der Waals surface area contributed by atoms with Crippen LogP contribution in [0, 0.1) is 16.7 Å². The van der Waals surface area contributed by atoms with E-state index in [4.69, 9.17) is 0 Å². The minimum absolute atomic E-state index is 0.141. The van der Waals surface area contributed by atoms with Crippen molar-refractivity contribution in [3.63, 3.8) is 0 Å². The summed E-state index contributed by atoms with van der Waals surface area (Å²) in [6, 6.07) is 0. The summed E-state index contributed by atoms with van der Waals surface area (Å²) in [7, 11) is 0. The average molecular weight is 194 g/mol. The van der Waals surface area contributed by atoms with Crippen LogP contribution in [0.4, 0.5) is 0 Å². The third-order valence-electron chi connectivity index (χ3n) is 3.66. The van der Waals surface area contributed by atoms with E-state index in [9.17, 15) is 4.79 Å². The highest BCUT2D eigenvalue weighted by Crippen LogP contribution is 2.46. The number of ketones is 1. The van der Waals surface area contributed by atoms with Crippen LogP contribution < -0.4 is 0 Å². The van der Waals surface area contributed by atoms with E-state index in [1.165, 1.54) is 5.57 Å². The molecule has 0 radical (unpaired) electrons. The summed E-state index contributed by atoms with van der Waals surface area (Å²) >= 11 is 0. The van der Waals surface area contributed by atoms with Crippen molar-refractivity contribution in [2.45, 2.75) is 48.0 Å². The second-order valence-corrected chi connectivity index (χ2v) is 6.03. The fourth-order valence-electron chi connectivity index (χ4n) is 1.83. The zero-order valence-corrected chi connectivity index (χ0v) is 10.3. The quantitative estimate of drug-likeness (QED) is 0.623. The van der Waals surface area contributed by atoms with E-state index in [1.807, 2.05) is 6.08 Å². The Bertz CT molecular complexity index is 278. The van der Waals surface area contributed by atoms with Gasteiger partial charge in [0.2, 0.25) is 0 Å². The minimum atomic E-state index is -0.150. The molecule has 1 nitrogen and oxygen atoms in total. The Kier molecular flexibility index (Phi) is 2.64. The van der Waals surface area contributed by atoms with Crippen LogP contribution in [0.1, 0.15) is 48.0 Å². The first-order valence-corrected chi connectivity index (χ1v) is 5.43. The van der Waals surface area contributed by atoms with Gasteiger partial charge in [0, 0.05) is 5.41 Å². The molecule has 0 fully saturated rings. The Morgan fingerprint density at radius 3 is 2.07 bits per heavy atom. The smallest absolute Gasteiger partial charge is 0.162 e. The summed E-state index contributed by atoms with van der Waals surface area (Å²) < 4.78 is 0. The average Bonchev–Trinajstić information content (AvgIpc) is 2.28. The first-order chi connectivity index (χ1) is 6.18. The number of carbonyl (C=O) groups excluding carboxylic acids is 1. The van der Waals surface area contributed by atoms with Crippen molar-refractivity contribution >= 4 is 5.78 Å². The van der Waals surface area contributed by atoms with Crippen LogP contribution in [0.2, 0.25) is 0 Å². The molecule has 0 spiro atoms. The Morgan fingerprint density at radius 1 is 1.36 bits per heavy atom. The fraction of sp³-hybridized carbons (Fsp3) is 0.769. The van der Waals surface area contributed by atoms with E-state index in [1.54, 1.807) is 0 Å². The van der Waals surface area contributed by atoms with Crippen molar-refractivity contribution in [3.05, 3.63) is 11.6 Å². The molecular weight excluding hydrogens is 172 g/mol. The molecule has 1 heteroatoms. The number of allylic oxidation sites excluding steroid dienone is 2. The second-order valence-electron chi connectivity index (χ2n) is 6.03. The Balaban J connectivity index is 2.95. The maximum atomic E-state index is 11.9. The highest BCUT2D eigenvalue weighted by molar-refractivity contribution is 5.98. The molecule has 0 aromatic carbocycles. The maximum absolute atomic E-state index is 11.9. The Labute approximate surface area is 87.6 Å². The summed E-state index contributed by atoms with van der Waals surface area (Å²) in [5.74, 6) is 0.739. The van der Waals surface area contributed by atoms with Gasteiger partial charge < -0.3 is 0 Å². The summed E-state index contributed by atoms with van der Waals surface area (Å²) in [6.45, 7) is 12.9. The molecule has 0 saturated heterocycles. The van der Waals surface area contributed by atoms with Gasteiger partial charge in [0.15, 0.2) is 5.78 Å². The molecule has 1 aliphatic carbocycles. The maximum Gasteiger partial charge on any atom is 0.162 e. The van der Waals surface area contributed by atoms with Crippen molar-refractivity contribution in [1.29, 1.82) is 0 Å². The van der Waals surface area contributed by atoms with Gasteiger partial charge in [0.05, 0.1) is 0 Å². The van der Waals surface area contributed by atoms with Crippen LogP contribution >= 0.6 is 0 Å². The zero-order chi connectivity index (χ0) is 11.1. The molecule has 0 unspecified atom stereocenters. The van der Waals surface area contributed by atoms with Crippen LogP contribution in [0.3, 0.4) is 0 Å². The van der Waals surface area contributed by atoms with Crippen molar-refractivity contribution in [2.75, 3.05) is 0 Å². The van der Waals surface area contributed by atoms with Gasteiger partial charge in [-0.1, -0.05) is 47.1 Å². The molecule has 1 rings (SSSR count). The predicted octanol–water partition coefficient (Wildman–Crippen LogP) is 3.59. The molecule has 0 aromatic heterocycles. The van der Waals surface area contributed by atoms with Gasteiger partial charge >= 0.3 is 0 Å². The third kappa shape index (κ3) is 1.77. The molecule has 0 bridgehead atoms. The van der Waals surface area contributed by atoms with Crippen LogP contribution in [-0.4, -0.2) is 5.78 Å². The molecule has 0 heterocycles. The molecule has 0 N–H and O–H groups in total. The summed E-state index contributed by atoms with van der Waals surface area (Å²) in [4.78, 5) is 11.9. The van der Waals surface area contributed by atoms with E-state index in [2.05, 4.69) is 41.5 Å². The largest absolute Gasteiger partial charge is 0.294 e. The van der Waals surface area contributed by atoms with Gasteiger partial charge in [-0.3, -0.25) is 4.79 Å². The van der Waals surface area contributed by atoms with E-state index in [-0.39, 0.29) is 10.8 Å². The summed E-state index contributed by atoms with van der Waals surface area (Å²) in [6.07, 6.45) is 2.81. The van der Waals surface area contributed by atoms with Crippen molar-refractivity contribution < 1.29 is 4.79 Å². The Hall–Kier alpha value is -0.590. The zero-order valence-electron chi connectivity index (χ0n) is 10.3. The molecular formula is C13H22O. The van der Waals surface area contributed by atoms with Crippen LogP contribution in [0.5, 0.6) is 0 Å². The van der Waals surface area contributed by atoms with Crippen molar-refractivity contribution in [3.8, 4) is 0 Å². The summed E-state index contributed by atoms with van der Waals surface area (Å²) in [5, 5.41) is 0. The lowest BCUT2D eigenvalue weighted by Crippen LogP contribution is -2.29. The van der Waals surface area contributed by atoms with Gasteiger partial charge in [-0.2, -0.15) is 0 Å². The SMILES string of the molecule is CC(C)[C@@]1(C)CC(C(C)(C)C)=CC1=O. The lowest BCUT2D eigenvalue weighted by Gasteiger charge is -2.29. The molecule has 80 valence electrons. The minimum Gasteiger partial charge on any atom is -0.294 e. The normalized spacial score (nSPS) is 28.5. The predicted molar refractivity (Wildman–Crippen MR) is 60.1 cm³/mol. The first-order valence-electron chi connectivity index (χ1n) is 5.43. The van der Waals surface area contributed by atoms with Gasteiger partial charge in [0.1, 0.15) is 0 Å². The van der Waals surface area contributed by atoms with E-state index < -0.39 is 0 Å². The molecule has 0 aliphatic heterocycles. The second kappa shape index (κ2) is 3.22. The third-order valence-corrected chi connectivity index (χ3v) is 3.66. The van der Waals surface area contributed by atoms with E-state index in [0.717, 1.165) is 6.42 Å². The highest BCUT2D eigenvalue weighted by Gasteiger charge is 2.42. The molecule has 0 aromatic rings. The van der Waals surface area contributed by atoms with Gasteiger partial charge in [0.25, 0.3) is 0 Å². The van der Waals surface area contributed by atoms with Gasteiger partial charge in [-0.25, -0.2) is 0 Å². The lowest BCUT2D eigenvalue weighted by molar-refractivity contribution is -0.123. The Morgan fingerprint density at radius 2 is 1.86 bits per heavy atom. The number of hydrogen-bond donors (Lipinski definition) is 0. The summed E-state index contributed by atoms with van der Waals surface area (Å²) in [5.41, 5.74) is 1.30. The van der Waals surface area contributed by atoms with Crippen molar-refractivity contribution in [1.82, 2.24) is 0 Å². The monoisotopic (exact) mass is 194 g/mol. The number of rotatable bonds is 1. The topological polar surface area (TPSA) is 17.1 Å². The molecule has 1 atom stereocenters. The fourth-order valence-corrected chi connectivity index (χ4v) is 1.83.